The van der Waals surface area contributed by atoms with Crippen molar-refractivity contribution in [2.45, 2.75) is 38.3 Å². The summed E-state index contributed by atoms with van der Waals surface area (Å²) in [4.78, 5) is 16.9. The molecule has 1 saturated heterocycles. The van der Waals surface area contributed by atoms with Gasteiger partial charge in [0.2, 0.25) is 5.91 Å². The lowest BCUT2D eigenvalue weighted by Crippen LogP contribution is -2.34. The number of hydrogen-bond acceptors (Lipinski definition) is 4. The number of para-hydroxylation sites is 3. The zero-order valence-corrected chi connectivity index (χ0v) is 16.8. The first-order valence-corrected chi connectivity index (χ1v) is 10.2. The Bertz CT molecular complexity index is 976. The number of carbonyl (C=O) groups excluding carboxylic acids is 1. The number of amides is 1. The van der Waals surface area contributed by atoms with Crippen molar-refractivity contribution in [3.63, 3.8) is 0 Å². The summed E-state index contributed by atoms with van der Waals surface area (Å²) >= 11 is 0. The Morgan fingerprint density at radius 2 is 2.07 bits per heavy atom. The molecule has 2 aromatic carbocycles. The van der Waals surface area contributed by atoms with Crippen LogP contribution in [0.25, 0.3) is 11.0 Å². The molecule has 1 fully saturated rings. The summed E-state index contributed by atoms with van der Waals surface area (Å²) in [5.41, 5.74) is 3.21. The lowest BCUT2D eigenvalue weighted by molar-refractivity contribution is -0.130. The minimum Gasteiger partial charge on any atom is -0.496 e. The van der Waals surface area contributed by atoms with E-state index in [-0.39, 0.29) is 12.0 Å². The molecule has 6 heteroatoms. The summed E-state index contributed by atoms with van der Waals surface area (Å²) in [5, 5.41) is 3.00. The largest absolute Gasteiger partial charge is 0.496 e. The quantitative estimate of drug-likeness (QED) is 0.596. The van der Waals surface area contributed by atoms with Gasteiger partial charge in [0.25, 0.3) is 0 Å². The third kappa shape index (κ3) is 4.43. The molecular weight excluding hydrogens is 366 g/mol. The van der Waals surface area contributed by atoms with Crippen LogP contribution < -0.4 is 10.1 Å². The molecule has 0 aliphatic carbocycles. The number of ether oxygens (including phenoxy) is 2. The molecule has 1 aromatic heterocycles. The molecule has 6 nitrogen and oxygen atoms in total. The Balaban J connectivity index is 1.47. The van der Waals surface area contributed by atoms with E-state index in [0.29, 0.717) is 19.7 Å². The predicted octanol–water partition coefficient (Wildman–Crippen LogP) is 3.32. The normalized spacial score (nSPS) is 16.2. The molecule has 0 saturated carbocycles. The third-order valence-corrected chi connectivity index (χ3v) is 5.35. The van der Waals surface area contributed by atoms with E-state index >= 15 is 0 Å². The number of fused-ring (bicyclic) bond motifs is 1. The minimum absolute atomic E-state index is 0.00465. The van der Waals surface area contributed by atoms with Crippen LogP contribution in [0.4, 0.5) is 0 Å². The van der Waals surface area contributed by atoms with Gasteiger partial charge in [-0.2, -0.15) is 0 Å². The highest BCUT2D eigenvalue weighted by molar-refractivity contribution is 5.81. The Labute approximate surface area is 170 Å². The van der Waals surface area contributed by atoms with Gasteiger partial charge in [0.05, 0.1) is 24.7 Å². The summed E-state index contributed by atoms with van der Waals surface area (Å²) in [5.74, 6) is 1.90. The first-order chi connectivity index (χ1) is 14.3. The van der Waals surface area contributed by atoms with Gasteiger partial charge in [-0.1, -0.05) is 30.3 Å². The minimum atomic E-state index is -0.273. The number of nitrogens with one attached hydrogen (secondary N) is 1. The van der Waals surface area contributed by atoms with E-state index in [1.54, 1.807) is 7.11 Å². The lowest BCUT2D eigenvalue weighted by atomic mass is 10.2. The monoisotopic (exact) mass is 393 g/mol. The molecular formula is C23H27N3O3. The lowest BCUT2D eigenvalue weighted by Gasteiger charge is -2.13. The third-order valence-electron chi connectivity index (χ3n) is 5.35. The number of aromatic nitrogens is 2. The second kappa shape index (κ2) is 9.09. The number of imidazole rings is 1. The standard InChI is InChI=1S/C23H27N3O3/c1-28-20-11-5-2-8-17(20)16-26-19-10-4-3-9-18(19)25-22(26)13-6-14-24-23(27)21-12-7-15-29-21/h2-5,8-11,21H,6-7,12-16H2,1H3,(H,24,27). The SMILES string of the molecule is COc1ccccc1Cn1c(CCCNC(=O)C2CCCO2)nc2ccccc21. The summed E-state index contributed by atoms with van der Waals surface area (Å²) in [6.07, 6.45) is 3.12. The van der Waals surface area contributed by atoms with E-state index in [1.807, 2.05) is 36.4 Å². The number of benzene rings is 2. The average Bonchev–Trinajstić information content (AvgIpc) is 3.40. The first kappa shape index (κ1) is 19.5. The topological polar surface area (TPSA) is 65.4 Å². The van der Waals surface area contributed by atoms with Gasteiger partial charge < -0.3 is 19.4 Å². The maximum Gasteiger partial charge on any atom is 0.249 e. The van der Waals surface area contributed by atoms with Crippen LogP contribution in [0.5, 0.6) is 5.75 Å². The number of methoxy groups -OCH3 is 1. The van der Waals surface area contributed by atoms with E-state index in [1.165, 1.54) is 0 Å². The van der Waals surface area contributed by atoms with Gasteiger partial charge >= 0.3 is 0 Å². The van der Waals surface area contributed by atoms with E-state index in [4.69, 9.17) is 14.5 Å². The molecule has 4 rings (SSSR count). The fourth-order valence-corrected chi connectivity index (χ4v) is 3.85. The van der Waals surface area contributed by atoms with Gasteiger partial charge in [0.1, 0.15) is 17.7 Å². The van der Waals surface area contributed by atoms with Gasteiger partial charge in [0, 0.05) is 25.1 Å². The van der Waals surface area contributed by atoms with Crippen LogP contribution in [0.1, 0.15) is 30.7 Å². The molecule has 3 aromatic rings. The molecule has 1 N–H and O–H groups in total. The van der Waals surface area contributed by atoms with Crippen LogP contribution in [0.15, 0.2) is 48.5 Å². The van der Waals surface area contributed by atoms with Gasteiger partial charge in [-0.3, -0.25) is 4.79 Å². The Morgan fingerprint density at radius 3 is 2.90 bits per heavy atom. The second-order valence-corrected chi connectivity index (χ2v) is 7.31. The molecule has 29 heavy (non-hydrogen) atoms. The number of hydrogen-bond donors (Lipinski definition) is 1. The van der Waals surface area contributed by atoms with Crippen molar-refractivity contribution >= 4 is 16.9 Å². The Kier molecular flexibility index (Phi) is 6.10. The maximum atomic E-state index is 12.1. The highest BCUT2D eigenvalue weighted by Gasteiger charge is 2.23. The summed E-state index contributed by atoms with van der Waals surface area (Å²) in [6, 6.07) is 16.2. The number of rotatable bonds is 8. The van der Waals surface area contributed by atoms with Crippen LogP contribution in [-0.2, 0) is 22.5 Å². The zero-order valence-electron chi connectivity index (χ0n) is 16.8. The van der Waals surface area contributed by atoms with Crippen molar-refractivity contribution in [3.05, 3.63) is 59.9 Å². The van der Waals surface area contributed by atoms with E-state index in [9.17, 15) is 4.79 Å². The molecule has 0 bridgehead atoms. The van der Waals surface area contributed by atoms with E-state index in [0.717, 1.165) is 53.9 Å². The molecule has 2 heterocycles. The Morgan fingerprint density at radius 1 is 1.24 bits per heavy atom. The van der Waals surface area contributed by atoms with Gasteiger partial charge in [-0.15, -0.1) is 0 Å². The molecule has 152 valence electrons. The number of carbonyl (C=O) groups is 1. The van der Waals surface area contributed by atoms with Crippen LogP contribution in [0.2, 0.25) is 0 Å². The number of nitrogens with zero attached hydrogens (tertiary/aromatic N) is 2. The van der Waals surface area contributed by atoms with E-state index < -0.39 is 0 Å². The zero-order chi connectivity index (χ0) is 20.1. The number of aryl methyl sites for hydroxylation is 1. The van der Waals surface area contributed by atoms with Gasteiger partial charge in [-0.05, 0) is 37.5 Å². The molecule has 0 radical (unpaired) electrons. The van der Waals surface area contributed by atoms with Crippen molar-refractivity contribution < 1.29 is 14.3 Å². The summed E-state index contributed by atoms with van der Waals surface area (Å²) < 4.78 is 13.2. The first-order valence-electron chi connectivity index (χ1n) is 10.2. The Hall–Kier alpha value is -2.86. The fraction of sp³-hybridized carbons (Fsp3) is 0.391. The molecule has 1 amide bonds. The van der Waals surface area contributed by atoms with Crippen molar-refractivity contribution in [1.82, 2.24) is 14.9 Å². The smallest absolute Gasteiger partial charge is 0.249 e. The summed E-state index contributed by atoms with van der Waals surface area (Å²) in [7, 11) is 1.70. The molecule has 1 unspecified atom stereocenters. The maximum absolute atomic E-state index is 12.1. The highest BCUT2D eigenvalue weighted by atomic mass is 16.5. The summed E-state index contributed by atoms with van der Waals surface area (Å²) in [6.45, 7) is 2.00. The van der Waals surface area contributed by atoms with Crippen molar-refractivity contribution in [2.75, 3.05) is 20.3 Å². The molecule has 0 spiro atoms. The predicted molar refractivity (Wildman–Crippen MR) is 112 cm³/mol. The van der Waals surface area contributed by atoms with Gasteiger partial charge in [-0.25, -0.2) is 4.98 Å². The van der Waals surface area contributed by atoms with E-state index in [2.05, 4.69) is 22.0 Å². The highest BCUT2D eigenvalue weighted by Crippen LogP contribution is 2.23. The van der Waals surface area contributed by atoms with Crippen LogP contribution in [-0.4, -0.2) is 41.8 Å². The second-order valence-electron chi connectivity index (χ2n) is 7.31. The molecule has 1 aliphatic rings. The van der Waals surface area contributed by atoms with Crippen LogP contribution in [0.3, 0.4) is 0 Å². The fourth-order valence-electron chi connectivity index (χ4n) is 3.85. The van der Waals surface area contributed by atoms with Gasteiger partial charge in [0.15, 0.2) is 0 Å². The van der Waals surface area contributed by atoms with Crippen molar-refractivity contribution in [2.24, 2.45) is 0 Å². The average molecular weight is 393 g/mol. The van der Waals surface area contributed by atoms with Crippen molar-refractivity contribution in [3.8, 4) is 5.75 Å². The van der Waals surface area contributed by atoms with Crippen LogP contribution >= 0.6 is 0 Å². The van der Waals surface area contributed by atoms with Crippen molar-refractivity contribution in [1.29, 1.82) is 0 Å². The van der Waals surface area contributed by atoms with Crippen LogP contribution in [0, 0.1) is 0 Å². The molecule has 1 atom stereocenters. The molecule has 1 aliphatic heterocycles.